The lowest BCUT2D eigenvalue weighted by molar-refractivity contribution is 0.0535. The molecule has 1 aliphatic heterocycles. The lowest BCUT2D eigenvalue weighted by atomic mass is 10.1. The number of amides is 2. The van der Waals surface area contributed by atoms with E-state index in [2.05, 4.69) is 9.71 Å². The van der Waals surface area contributed by atoms with Crippen molar-refractivity contribution in [2.45, 2.75) is 0 Å². The largest absolute Gasteiger partial charge is 0.495 e. The number of carbonyl (C=O) groups excluding carboxylic acids is 2. The highest BCUT2D eigenvalue weighted by Crippen LogP contribution is 2.26. The number of hydrogen-bond donors (Lipinski definition) is 2. The number of methoxy groups -OCH3 is 1. The lowest BCUT2D eigenvalue weighted by Gasteiger charge is -2.34. The summed E-state index contributed by atoms with van der Waals surface area (Å²) in [6.07, 6.45) is 2.34. The number of aromatic nitrogens is 1. The van der Waals surface area contributed by atoms with Crippen molar-refractivity contribution < 1.29 is 27.5 Å². The van der Waals surface area contributed by atoms with Gasteiger partial charge in [0.15, 0.2) is 0 Å². The summed E-state index contributed by atoms with van der Waals surface area (Å²) >= 11 is -2.27. The van der Waals surface area contributed by atoms with Crippen LogP contribution in [0.2, 0.25) is 0 Å². The van der Waals surface area contributed by atoms with E-state index in [-0.39, 0.29) is 28.8 Å². The Morgan fingerprint density at radius 2 is 1.72 bits per heavy atom. The molecule has 1 aromatic heterocycles. The Hall–Kier alpha value is -3.05. The first kappa shape index (κ1) is 20.7. The number of benzene rings is 1. The zero-order chi connectivity index (χ0) is 21.0. The lowest BCUT2D eigenvalue weighted by Crippen LogP contribution is -2.50. The Morgan fingerprint density at radius 1 is 1.10 bits per heavy atom. The molecule has 3 rings (SSSR count). The van der Waals surface area contributed by atoms with Gasteiger partial charge >= 0.3 is 0 Å². The van der Waals surface area contributed by atoms with Crippen LogP contribution in [0.1, 0.15) is 20.7 Å². The molecular formula is C18H19FN4O5S. The Labute approximate surface area is 168 Å². The van der Waals surface area contributed by atoms with Crippen LogP contribution in [0.4, 0.5) is 10.1 Å². The van der Waals surface area contributed by atoms with E-state index in [0.29, 0.717) is 31.7 Å². The predicted octanol–water partition coefficient (Wildman–Crippen LogP) is 1.38. The van der Waals surface area contributed by atoms with Crippen LogP contribution >= 0.6 is 0 Å². The number of halogens is 1. The normalized spacial score (nSPS) is 15.0. The molecule has 2 amide bonds. The van der Waals surface area contributed by atoms with Gasteiger partial charge in [0.1, 0.15) is 11.6 Å². The van der Waals surface area contributed by atoms with Gasteiger partial charge in [-0.1, -0.05) is 0 Å². The summed E-state index contributed by atoms with van der Waals surface area (Å²) in [5.41, 5.74) is 0.799. The standard InChI is InChI=1S/C18H19FN4O5S/c1-28-16-9-12(2-3-15(16)21-29(26)27)17(24)22-4-6-23(7-5-22)18(25)13-8-14(19)11-20-10-13/h2-3,8-11,21H,4-7H2,1H3,(H,26,27). The van der Waals surface area contributed by atoms with Gasteiger partial charge in [0.2, 0.25) is 0 Å². The minimum absolute atomic E-state index is 0.166. The monoisotopic (exact) mass is 422 g/mol. The highest BCUT2D eigenvalue weighted by Gasteiger charge is 2.26. The van der Waals surface area contributed by atoms with Gasteiger partial charge in [0.25, 0.3) is 23.1 Å². The average molecular weight is 422 g/mol. The number of anilines is 1. The van der Waals surface area contributed by atoms with Gasteiger partial charge in [-0.05, 0) is 24.3 Å². The smallest absolute Gasteiger partial charge is 0.259 e. The highest BCUT2D eigenvalue weighted by molar-refractivity contribution is 7.80. The third-order valence-corrected chi connectivity index (χ3v) is 4.85. The fourth-order valence-electron chi connectivity index (χ4n) is 3.01. The molecule has 0 spiro atoms. The van der Waals surface area contributed by atoms with Gasteiger partial charge in [-0.3, -0.25) is 23.8 Å². The van der Waals surface area contributed by atoms with Gasteiger partial charge < -0.3 is 14.5 Å². The Kier molecular flexibility index (Phi) is 6.39. The Morgan fingerprint density at radius 3 is 2.28 bits per heavy atom. The Bertz CT molecular complexity index is 950. The first-order valence-corrected chi connectivity index (χ1v) is 9.74. The van der Waals surface area contributed by atoms with Crippen molar-refractivity contribution in [3.8, 4) is 5.75 Å². The summed E-state index contributed by atoms with van der Waals surface area (Å²) in [7, 11) is 1.39. The molecule has 1 unspecified atom stereocenters. The molecule has 0 aliphatic carbocycles. The van der Waals surface area contributed by atoms with E-state index in [1.54, 1.807) is 9.80 Å². The maximum absolute atomic E-state index is 13.3. The number of nitrogens with one attached hydrogen (secondary N) is 1. The van der Waals surface area contributed by atoms with Crippen LogP contribution in [-0.4, -0.2) is 68.6 Å². The van der Waals surface area contributed by atoms with Crippen LogP contribution in [0.15, 0.2) is 36.7 Å². The molecule has 0 bridgehead atoms. The van der Waals surface area contributed by atoms with E-state index in [1.807, 2.05) is 0 Å². The second-order valence-electron chi connectivity index (χ2n) is 6.24. The number of nitrogens with zero attached hydrogens (tertiary/aromatic N) is 3. The second-order valence-corrected chi connectivity index (χ2v) is 6.94. The molecule has 29 heavy (non-hydrogen) atoms. The fraction of sp³-hybridized carbons (Fsp3) is 0.278. The number of rotatable bonds is 5. The summed E-state index contributed by atoms with van der Waals surface area (Å²) in [5.74, 6) is -0.912. The molecule has 9 nitrogen and oxygen atoms in total. The number of carbonyl (C=O) groups is 2. The number of ether oxygens (including phenoxy) is 1. The molecule has 11 heteroatoms. The van der Waals surface area contributed by atoms with E-state index in [9.17, 15) is 18.2 Å². The van der Waals surface area contributed by atoms with Crippen LogP contribution in [0.3, 0.4) is 0 Å². The van der Waals surface area contributed by atoms with Crippen molar-refractivity contribution >= 4 is 28.8 Å². The molecule has 1 fully saturated rings. The molecule has 2 N–H and O–H groups in total. The number of pyridine rings is 1. The topological polar surface area (TPSA) is 112 Å². The molecule has 0 saturated carbocycles. The first-order chi connectivity index (χ1) is 13.9. The Balaban J connectivity index is 1.65. The van der Waals surface area contributed by atoms with Crippen LogP contribution in [0, 0.1) is 5.82 Å². The van der Waals surface area contributed by atoms with E-state index >= 15 is 0 Å². The van der Waals surface area contributed by atoms with E-state index in [4.69, 9.17) is 9.29 Å². The molecule has 2 heterocycles. The van der Waals surface area contributed by atoms with Crippen molar-refractivity contribution in [3.63, 3.8) is 0 Å². The maximum atomic E-state index is 13.3. The zero-order valence-corrected chi connectivity index (χ0v) is 16.3. The second kappa shape index (κ2) is 8.97. The molecule has 1 aromatic carbocycles. The zero-order valence-electron chi connectivity index (χ0n) is 15.5. The van der Waals surface area contributed by atoms with Crippen molar-refractivity contribution in [2.24, 2.45) is 0 Å². The summed E-state index contributed by atoms with van der Waals surface area (Å²) in [4.78, 5) is 32.1. The van der Waals surface area contributed by atoms with Gasteiger partial charge in [0, 0.05) is 37.9 Å². The molecule has 1 aliphatic rings. The van der Waals surface area contributed by atoms with Crippen LogP contribution < -0.4 is 9.46 Å². The molecule has 1 atom stereocenters. The van der Waals surface area contributed by atoms with E-state index in [1.165, 1.54) is 31.5 Å². The van der Waals surface area contributed by atoms with Crippen LogP contribution in [-0.2, 0) is 11.3 Å². The minimum Gasteiger partial charge on any atom is -0.495 e. The van der Waals surface area contributed by atoms with Crippen molar-refractivity contribution in [1.82, 2.24) is 14.8 Å². The third kappa shape index (κ3) is 4.87. The van der Waals surface area contributed by atoms with Gasteiger partial charge in [-0.25, -0.2) is 8.60 Å². The molecule has 0 radical (unpaired) electrons. The highest BCUT2D eigenvalue weighted by atomic mass is 32.2. The molecule has 1 saturated heterocycles. The summed E-state index contributed by atoms with van der Waals surface area (Å²) in [6, 6.07) is 5.62. The predicted molar refractivity (Wildman–Crippen MR) is 103 cm³/mol. The van der Waals surface area contributed by atoms with Gasteiger partial charge in [-0.2, -0.15) is 0 Å². The SMILES string of the molecule is COc1cc(C(=O)N2CCN(C(=O)c3cncc(F)c3)CC2)ccc1NS(=O)O. The summed E-state index contributed by atoms with van der Waals surface area (Å²) in [5, 5.41) is 0. The van der Waals surface area contributed by atoms with Gasteiger partial charge in [-0.15, -0.1) is 0 Å². The summed E-state index contributed by atoms with van der Waals surface area (Å²) < 4.78 is 40.6. The van der Waals surface area contributed by atoms with Crippen LogP contribution in [0.5, 0.6) is 5.75 Å². The van der Waals surface area contributed by atoms with Gasteiger partial charge in [0.05, 0.1) is 24.6 Å². The van der Waals surface area contributed by atoms with Crippen LogP contribution in [0.25, 0.3) is 0 Å². The first-order valence-electron chi connectivity index (χ1n) is 8.63. The maximum Gasteiger partial charge on any atom is 0.259 e. The van der Waals surface area contributed by atoms with E-state index in [0.717, 1.165) is 12.3 Å². The van der Waals surface area contributed by atoms with E-state index < -0.39 is 17.1 Å². The quantitative estimate of drug-likeness (QED) is 0.704. The average Bonchev–Trinajstić information content (AvgIpc) is 2.72. The molecular weight excluding hydrogens is 403 g/mol. The molecule has 154 valence electrons. The fourth-order valence-corrected chi connectivity index (χ4v) is 3.37. The van der Waals surface area contributed by atoms with Crippen molar-refractivity contribution in [1.29, 1.82) is 0 Å². The number of hydrogen-bond acceptors (Lipinski definition) is 5. The molecule has 2 aromatic rings. The third-order valence-electron chi connectivity index (χ3n) is 4.45. The number of piperazine rings is 1. The minimum atomic E-state index is -2.27. The summed E-state index contributed by atoms with van der Waals surface area (Å²) in [6.45, 7) is 1.25. The van der Waals surface area contributed by atoms with Crippen molar-refractivity contribution in [3.05, 3.63) is 53.6 Å². The van der Waals surface area contributed by atoms with Crippen molar-refractivity contribution in [2.75, 3.05) is 38.0 Å².